The Morgan fingerprint density at radius 1 is 0.895 bits per heavy atom. The fraction of sp³-hybridized carbons (Fsp3) is 0.185. The van der Waals surface area contributed by atoms with Gasteiger partial charge in [-0.15, -0.1) is 0 Å². The van der Waals surface area contributed by atoms with Crippen LogP contribution in [0.1, 0.15) is 15.9 Å². The molecule has 196 valence electrons. The lowest BCUT2D eigenvalue weighted by atomic mass is 10.1. The van der Waals surface area contributed by atoms with Crippen LogP contribution in [0.15, 0.2) is 77.8 Å². The van der Waals surface area contributed by atoms with E-state index in [1.165, 1.54) is 36.5 Å². The third-order valence-electron chi connectivity index (χ3n) is 6.41. The molecule has 1 saturated heterocycles. The minimum atomic E-state index is -4.15. The Morgan fingerprint density at radius 3 is 2.39 bits per heavy atom. The van der Waals surface area contributed by atoms with Crippen molar-refractivity contribution in [3.05, 3.63) is 102 Å². The molecule has 2 heterocycles. The van der Waals surface area contributed by atoms with Crippen LogP contribution in [0, 0.1) is 17.5 Å². The molecule has 1 fully saturated rings. The zero-order valence-corrected chi connectivity index (χ0v) is 20.9. The topological polar surface area (TPSA) is 82.6 Å². The first kappa shape index (κ1) is 25.7. The predicted octanol–water partition coefficient (Wildman–Crippen LogP) is 4.41. The van der Waals surface area contributed by atoms with E-state index in [1.54, 1.807) is 29.2 Å². The summed E-state index contributed by atoms with van der Waals surface area (Å²) in [5, 5.41) is 0.625. The molecule has 1 amide bonds. The van der Waals surface area contributed by atoms with Crippen molar-refractivity contribution in [3.8, 4) is 0 Å². The molecule has 0 spiro atoms. The quantitative estimate of drug-likeness (QED) is 0.392. The number of para-hydroxylation sites is 1. The summed E-state index contributed by atoms with van der Waals surface area (Å²) in [4.78, 5) is 20.5. The maximum atomic E-state index is 14.9. The maximum absolute atomic E-state index is 14.9. The Bertz CT molecular complexity index is 1620. The number of carbonyl (C=O) groups excluding carboxylic acids is 1. The first-order valence-corrected chi connectivity index (χ1v) is 13.3. The van der Waals surface area contributed by atoms with Crippen LogP contribution in [-0.2, 0) is 16.6 Å². The highest BCUT2D eigenvalue weighted by atomic mass is 32.2. The molecular weight excluding hydrogens is 517 g/mol. The summed E-state index contributed by atoms with van der Waals surface area (Å²) in [5.74, 6) is -2.55. The van der Waals surface area contributed by atoms with Gasteiger partial charge < -0.3 is 4.90 Å². The van der Waals surface area contributed by atoms with Gasteiger partial charge in [-0.2, -0.15) is 0 Å². The van der Waals surface area contributed by atoms with E-state index in [1.807, 2.05) is 4.90 Å². The number of halogens is 3. The Labute approximate surface area is 217 Å². The van der Waals surface area contributed by atoms with Crippen molar-refractivity contribution in [2.75, 3.05) is 30.9 Å². The molecule has 38 heavy (non-hydrogen) atoms. The van der Waals surface area contributed by atoms with Gasteiger partial charge in [0.1, 0.15) is 22.3 Å². The van der Waals surface area contributed by atoms with Crippen molar-refractivity contribution in [1.82, 2.24) is 14.8 Å². The van der Waals surface area contributed by atoms with Crippen molar-refractivity contribution in [1.29, 1.82) is 0 Å². The monoisotopic (exact) mass is 540 g/mol. The van der Waals surface area contributed by atoms with Crippen LogP contribution in [0.3, 0.4) is 0 Å². The number of aromatic nitrogens is 1. The highest BCUT2D eigenvalue weighted by Gasteiger charge is 2.25. The largest absolute Gasteiger partial charge is 0.336 e. The van der Waals surface area contributed by atoms with Gasteiger partial charge in [-0.1, -0.05) is 24.3 Å². The minimum absolute atomic E-state index is 0.0790. The van der Waals surface area contributed by atoms with E-state index in [2.05, 4.69) is 9.71 Å². The number of piperazine rings is 1. The summed E-state index contributed by atoms with van der Waals surface area (Å²) < 4.78 is 70.3. The van der Waals surface area contributed by atoms with E-state index in [-0.39, 0.29) is 28.2 Å². The number of amides is 1. The van der Waals surface area contributed by atoms with E-state index in [0.29, 0.717) is 37.1 Å². The first-order valence-electron chi connectivity index (χ1n) is 11.8. The summed E-state index contributed by atoms with van der Waals surface area (Å²) in [5.41, 5.74) is 0.414. The predicted molar refractivity (Wildman–Crippen MR) is 136 cm³/mol. The molecule has 0 unspecified atom stereocenters. The van der Waals surface area contributed by atoms with Crippen LogP contribution in [0.4, 0.5) is 18.9 Å². The number of rotatable bonds is 6. The second-order valence-electron chi connectivity index (χ2n) is 8.94. The van der Waals surface area contributed by atoms with E-state index in [4.69, 9.17) is 0 Å². The number of pyridine rings is 1. The second-order valence-corrected chi connectivity index (χ2v) is 10.6. The number of nitrogens with zero attached hydrogens (tertiary/aromatic N) is 3. The normalized spacial score (nSPS) is 14.6. The fourth-order valence-corrected chi connectivity index (χ4v) is 5.65. The van der Waals surface area contributed by atoms with Gasteiger partial charge in [0.15, 0.2) is 0 Å². The molecule has 0 aliphatic carbocycles. The highest BCUT2D eigenvalue weighted by Crippen LogP contribution is 2.25. The molecule has 1 aromatic heterocycles. The molecule has 4 aromatic rings. The lowest BCUT2D eigenvalue weighted by molar-refractivity contribution is 0.0626. The molecule has 1 aliphatic heterocycles. The zero-order valence-electron chi connectivity index (χ0n) is 20.1. The molecule has 0 atom stereocenters. The Morgan fingerprint density at radius 2 is 1.66 bits per heavy atom. The summed E-state index contributed by atoms with van der Waals surface area (Å²) in [6.45, 7) is 1.88. The number of fused-ring (bicyclic) bond motifs is 1. The molecule has 1 N–H and O–H groups in total. The van der Waals surface area contributed by atoms with Crippen LogP contribution in [-0.4, -0.2) is 55.3 Å². The molecule has 1 aliphatic rings. The van der Waals surface area contributed by atoms with E-state index in [9.17, 15) is 26.4 Å². The van der Waals surface area contributed by atoms with Crippen LogP contribution in [0.2, 0.25) is 0 Å². The first-order chi connectivity index (χ1) is 18.2. The van der Waals surface area contributed by atoms with Gasteiger partial charge in [0.2, 0.25) is 0 Å². The Hall–Kier alpha value is -3.96. The molecule has 11 heteroatoms. The maximum Gasteiger partial charge on any atom is 0.264 e. The van der Waals surface area contributed by atoms with Crippen LogP contribution in [0.25, 0.3) is 10.9 Å². The van der Waals surface area contributed by atoms with Crippen molar-refractivity contribution < 1.29 is 26.4 Å². The van der Waals surface area contributed by atoms with E-state index < -0.39 is 33.4 Å². The SMILES string of the molecule is O=C(c1ccc(NS(=O)(=O)c2cccc3cccnc23)c(F)c1)N1CCN(Cc2ccc(F)cc2F)CC1. The number of hydrogen-bond acceptors (Lipinski definition) is 5. The second kappa shape index (κ2) is 10.4. The number of anilines is 1. The van der Waals surface area contributed by atoms with Gasteiger partial charge in [-0.05, 0) is 36.4 Å². The zero-order chi connectivity index (χ0) is 26.9. The molecule has 0 saturated carbocycles. The number of nitrogens with one attached hydrogen (secondary N) is 1. The lowest BCUT2D eigenvalue weighted by Crippen LogP contribution is -2.48. The highest BCUT2D eigenvalue weighted by molar-refractivity contribution is 7.93. The molecule has 0 bridgehead atoms. The van der Waals surface area contributed by atoms with Crippen molar-refractivity contribution in [3.63, 3.8) is 0 Å². The van der Waals surface area contributed by atoms with Gasteiger partial charge in [-0.3, -0.25) is 19.4 Å². The molecule has 7 nitrogen and oxygen atoms in total. The molecule has 3 aromatic carbocycles. The lowest BCUT2D eigenvalue weighted by Gasteiger charge is -2.34. The van der Waals surface area contributed by atoms with Crippen LogP contribution < -0.4 is 4.72 Å². The van der Waals surface area contributed by atoms with E-state index in [0.717, 1.165) is 12.1 Å². The average Bonchev–Trinajstić information content (AvgIpc) is 2.91. The average molecular weight is 541 g/mol. The number of sulfonamides is 1. The van der Waals surface area contributed by atoms with Gasteiger partial charge in [0.25, 0.3) is 15.9 Å². The fourth-order valence-electron chi connectivity index (χ4n) is 4.41. The van der Waals surface area contributed by atoms with Crippen LogP contribution >= 0.6 is 0 Å². The molecule has 5 rings (SSSR count). The van der Waals surface area contributed by atoms with Gasteiger partial charge in [-0.25, -0.2) is 21.6 Å². The summed E-state index contributed by atoms with van der Waals surface area (Å²) >= 11 is 0. The van der Waals surface area contributed by atoms with Gasteiger partial charge in [0, 0.05) is 61.5 Å². The summed E-state index contributed by atoms with van der Waals surface area (Å²) in [7, 11) is -4.15. The van der Waals surface area contributed by atoms with Crippen molar-refractivity contribution >= 4 is 32.5 Å². The number of hydrogen-bond donors (Lipinski definition) is 1. The van der Waals surface area contributed by atoms with Gasteiger partial charge >= 0.3 is 0 Å². The van der Waals surface area contributed by atoms with Crippen molar-refractivity contribution in [2.45, 2.75) is 11.4 Å². The number of benzene rings is 3. The van der Waals surface area contributed by atoms with E-state index >= 15 is 0 Å². The molecule has 0 radical (unpaired) electrons. The van der Waals surface area contributed by atoms with Gasteiger partial charge in [0.05, 0.1) is 11.2 Å². The summed E-state index contributed by atoms with van der Waals surface area (Å²) in [6, 6.07) is 15.1. The Balaban J connectivity index is 1.25. The number of carbonyl (C=O) groups is 1. The standard InChI is InChI=1S/C27H23F3N4O3S/c28-21-8-6-20(22(29)16-21)17-33-11-13-34(14-12-33)27(35)19-7-9-24(23(30)15-19)32-38(36,37)25-5-1-3-18-4-2-10-31-26(18)25/h1-10,15-16,32H,11-14,17H2. The third-order valence-corrected chi connectivity index (χ3v) is 7.81. The minimum Gasteiger partial charge on any atom is -0.336 e. The molecular formula is C27H23F3N4O3S. The van der Waals surface area contributed by atoms with Crippen LogP contribution in [0.5, 0.6) is 0 Å². The summed E-state index contributed by atoms with van der Waals surface area (Å²) in [6.07, 6.45) is 1.48. The Kier molecular flexibility index (Phi) is 7.04. The smallest absolute Gasteiger partial charge is 0.264 e. The third kappa shape index (κ3) is 5.34. The van der Waals surface area contributed by atoms with Crippen molar-refractivity contribution in [2.24, 2.45) is 0 Å².